The van der Waals surface area contributed by atoms with Crippen LogP contribution in [0.5, 0.6) is 0 Å². The predicted molar refractivity (Wildman–Crippen MR) is 121 cm³/mol. The average molecular weight is 410 g/mol. The Hall–Kier alpha value is -3.96. The SMILES string of the molecule is O=C(Cc1ccccc1)Nc1ccc2cc(C(=O)NOCc3ccccc3)ccc2c1. The molecule has 0 saturated carbocycles. The Balaban J connectivity index is 1.37. The maximum absolute atomic E-state index is 12.4. The van der Waals surface area contributed by atoms with Crippen LogP contribution in [0.15, 0.2) is 97.1 Å². The fourth-order valence-corrected chi connectivity index (χ4v) is 3.27. The number of hydroxylamine groups is 1. The number of hydrogen-bond donors (Lipinski definition) is 2. The van der Waals surface area contributed by atoms with Crippen LogP contribution < -0.4 is 10.8 Å². The molecule has 0 unspecified atom stereocenters. The lowest BCUT2D eigenvalue weighted by Gasteiger charge is -2.09. The van der Waals surface area contributed by atoms with Crippen LogP contribution in [0.25, 0.3) is 10.8 Å². The number of benzene rings is 4. The fourth-order valence-electron chi connectivity index (χ4n) is 3.27. The number of carbonyl (C=O) groups is 2. The molecule has 5 heteroatoms. The highest BCUT2D eigenvalue weighted by Crippen LogP contribution is 2.21. The Morgan fingerprint density at radius 1 is 0.710 bits per heavy atom. The van der Waals surface area contributed by atoms with E-state index in [0.717, 1.165) is 27.6 Å². The van der Waals surface area contributed by atoms with Gasteiger partial charge in [0, 0.05) is 11.3 Å². The van der Waals surface area contributed by atoms with Crippen molar-refractivity contribution in [3.05, 3.63) is 114 Å². The van der Waals surface area contributed by atoms with E-state index in [0.29, 0.717) is 18.6 Å². The van der Waals surface area contributed by atoms with E-state index in [1.165, 1.54) is 0 Å². The molecular weight excluding hydrogens is 388 g/mol. The summed E-state index contributed by atoms with van der Waals surface area (Å²) >= 11 is 0. The minimum atomic E-state index is -0.307. The summed E-state index contributed by atoms with van der Waals surface area (Å²) in [6, 6.07) is 30.2. The summed E-state index contributed by atoms with van der Waals surface area (Å²) in [6.45, 7) is 0.298. The first-order chi connectivity index (χ1) is 15.2. The molecule has 4 aromatic rings. The van der Waals surface area contributed by atoms with Crippen molar-refractivity contribution in [2.24, 2.45) is 0 Å². The van der Waals surface area contributed by atoms with Gasteiger partial charge in [-0.1, -0.05) is 72.8 Å². The van der Waals surface area contributed by atoms with Gasteiger partial charge < -0.3 is 5.32 Å². The monoisotopic (exact) mass is 410 g/mol. The van der Waals surface area contributed by atoms with E-state index >= 15 is 0 Å². The molecule has 0 aliphatic rings. The van der Waals surface area contributed by atoms with E-state index in [4.69, 9.17) is 4.84 Å². The molecule has 2 amide bonds. The highest BCUT2D eigenvalue weighted by Gasteiger charge is 2.08. The molecule has 31 heavy (non-hydrogen) atoms. The van der Waals surface area contributed by atoms with Gasteiger partial charge in [0.1, 0.15) is 0 Å². The molecule has 0 bridgehead atoms. The third-order valence-corrected chi connectivity index (χ3v) is 4.84. The molecule has 4 aromatic carbocycles. The Morgan fingerprint density at radius 3 is 2.10 bits per heavy atom. The lowest BCUT2D eigenvalue weighted by molar-refractivity contribution is -0.115. The normalized spacial score (nSPS) is 10.6. The minimum absolute atomic E-state index is 0.0721. The van der Waals surface area contributed by atoms with Crippen molar-refractivity contribution in [2.45, 2.75) is 13.0 Å². The summed E-state index contributed by atoms with van der Waals surface area (Å²) in [4.78, 5) is 30.0. The summed E-state index contributed by atoms with van der Waals surface area (Å²) in [6.07, 6.45) is 0.320. The van der Waals surface area contributed by atoms with Crippen molar-refractivity contribution in [2.75, 3.05) is 5.32 Å². The Labute approximate surface area is 180 Å². The molecule has 0 aliphatic carbocycles. The minimum Gasteiger partial charge on any atom is -0.326 e. The molecule has 0 aliphatic heterocycles. The second-order valence-electron chi connectivity index (χ2n) is 7.19. The summed E-state index contributed by atoms with van der Waals surface area (Å²) < 4.78 is 0. The highest BCUT2D eigenvalue weighted by atomic mass is 16.6. The van der Waals surface area contributed by atoms with E-state index in [-0.39, 0.29) is 11.8 Å². The van der Waals surface area contributed by atoms with Gasteiger partial charge in [0.15, 0.2) is 0 Å². The second-order valence-corrected chi connectivity index (χ2v) is 7.19. The summed E-state index contributed by atoms with van der Waals surface area (Å²) in [7, 11) is 0. The molecule has 2 N–H and O–H groups in total. The van der Waals surface area contributed by atoms with Crippen LogP contribution in [0, 0.1) is 0 Å². The van der Waals surface area contributed by atoms with Gasteiger partial charge in [0.05, 0.1) is 13.0 Å². The number of hydrogen-bond acceptors (Lipinski definition) is 3. The molecular formula is C26H22N2O3. The van der Waals surface area contributed by atoms with Gasteiger partial charge in [0.25, 0.3) is 5.91 Å². The van der Waals surface area contributed by atoms with E-state index in [2.05, 4.69) is 10.8 Å². The number of amides is 2. The van der Waals surface area contributed by atoms with Gasteiger partial charge in [-0.15, -0.1) is 0 Å². The van der Waals surface area contributed by atoms with Crippen LogP contribution in [0.1, 0.15) is 21.5 Å². The van der Waals surface area contributed by atoms with Crippen LogP contribution >= 0.6 is 0 Å². The lowest BCUT2D eigenvalue weighted by atomic mass is 10.1. The van der Waals surface area contributed by atoms with Gasteiger partial charge in [-0.3, -0.25) is 14.4 Å². The number of nitrogens with one attached hydrogen (secondary N) is 2. The number of rotatable bonds is 7. The lowest BCUT2D eigenvalue weighted by Crippen LogP contribution is -2.23. The number of carbonyl (C=O) groups excluding carboxylic acids is 2. The van der Waals surface area contributed by atoms with Crippen molar-refractivity contribution >= 4 is 28.3 Å². The van der Waals surface area contributed by atoms with Gasteiger partial charge in [-0.25, -0.2) is 5.48 Å². The van der Waals surface area contributed by atoms with Gasteiger partial charge in [-0.05, 0) is 46.2 Å². The van der Waals surface area contributed by atoms with Crippen LogP contribution in [-0.4, -0.2) is 11.8 Å². The van der Waals surface area contributed by atoms with Gasteiger partial charge in [-0.2, -0.15) is 0 Å². The topological polar surface area (TPSA) is 67.4 Å². The summed E-state index contributed by atoms with van der Waals surface area (Å²) in [5, 5.41) is 4.75. The zero-order valence-corrected chi connectivity index (χ0v) is 16.9. The van der Waals surface area contributed by atoms with E-state index < -0.39 is 0 Å². The smallest absolute Gasteiger partial charge is 0.274 e. The molecule has 5 nitrogen and oxygen atoms in total. The highest BCUT2D eigenvalue weighted by molar-refractivity contribution is 6.00. The van der Waals surface area contributed by atoms with E-state index in [9.17, 15) is 9.59 Å². The second kappa shape index (κ2) is 9.69. The van der Waals surface area contributed by atoms with Crippen molar-refractivity contribution in [3.63, 3.8) is 0 Å². The Bertz CT molecular complexity index is 1190. The number of fused-ring (bicyclic) bond motifs is 1. The number of anilines is 1. The Kier molecular flexibility index (Phi) is 6.35. The average Bonchev–Trinajstić information content (AvgIpc) is 2.80. The maximum atomic E-state index is 12.4. The molecule has 0 radical (unpaired) electrons. The van der Waals surface area contributed by atoms with Crippen molar-refractivity contribution in [3.8, 4) is 0 Å². The van der Waals surface area contributed by atoms with Crippen LogP contribution in [-0.2, 0) is 22.7 Å². The van der Waals surface area contributed by atoms with Crippen LogP contribution in [0.2, 0.25) is 0 Å². The summed E-state index contributed by atoms with van der Waals surface area (Å²) in [5.41, 5.74) is 5.64. The molecule has 4 rings (SSSR count). The third kappa shape index (κ3) is 5.56. The molecule has 0 fully saturated rings. The molecule has 0 aromatic heterocycles. The van der Waals surface area contributed by atoms with Crippen LogP contribution in [0.3, 0.4) is 0 Å². The third-order valence-electron chi connectivity index (χ3n) is 4.84. The first-order valence-electron chi connectivity index (χ1n) is 10.0. The summed E-state index contributed by atoms with van der Waals surface area (Å²) in [5.74, 6) is -0.379. The molecule has 154 valence electrons. The van der Waals surface area contributed by atoms with E-state index in [1.807, 2.05) is 84.9 Å². The first kappa shape index (κ1) is 20.3. The fraction of sp³-hybridized carbons (Fsp3) is 0.0769. The molecule has 0 atom stereocenters. The van der Waals surface area contributed by atoms with Crippen molar-refractivity contribution in [1.82, 2.24) is 5.48 Å². The molecule has 0 heterocycles. The molecule has 0 saturated heterocycles. The maximum Gasteiger partial charge on any atom is 0.274 e. The van der Waals surface area contributed by atoms with Crippen molar-refractivity contribution in [1.29, 1.82) is 0 Å². The van der Waals surface area contributed by atoms with Gasteiger partial charge in [0.2, 0.25) is 5.91 Å². The molecule has 0 spiro atoms. The van der Waals surface area contributed by atoms with Gasteiger partial charge >= 0.3 is 0 Å². The van der Waals surface area contributed by atoms with Crippen LogP contribution in [0.4, 0.5) is 5.69 Å². The zero-order valence-electron chi connectivity index (χ0n) is 16.9. The first-order valence-corrected chi connectivity index (χ1v) is 10.0. The zero-order chi connectivity index (χ0) is 21.5. The van der Waals surface area contributed by atoms with Crippen molar-refractivity contribution < 1.29 is 14.4 Å². The quantitative estimate of drug-likeness (QED) is 0.427. The largest absolute Gasteiger partial charge is 0.326 e. The Morgan fingerprint density at radius 2 is 1.35 bits per heavy atom. The standard InChI is InChI=1S/C26H22N2O3/c29-25(15-19-7-3-1-4-8-19)27-24-14-13-21-16-23(12-11-22(21)17-24)26(30)28-31-18-20-9-5-2-6-10-20/h1-14,16-17H,15,18H2,(H,27,29)(H,28,30). The predicted octanol–water partition coefficient (Wildman–Crippen LogP) is 4.88. The van der Waals surface area contributed by atoms with E-state index in [1.54, 1.807) is 12.1 Å².